The Bertz CT molecular complexity index is 905. The lowest BCUT2D eigenvalue weighted by Crippen LogP contribution is -2.34. The maximum Gasteiger partial charge on any atom is 0.337 e. The highest BCUT2D eigenvalue weighted by atomic mass is 79.9. The summed E-state index contributed by atoms with van der Waals surface area (Å²) in [6.07, 6.45) is 2.36. The van der Waals surface area contributed by atoms with Crippen molar-refractivity contribution in [3.63, 3.8) is 0 Å². The molecule has 27 heavy (non-hydrogen) atoms. The van der Waals surface area contributed by atoms with Gasteiger partial charge in [-0.25, -0.2) is 4.79 Å². The van der Waals surface area contributed by atoms with Gasteiger partial charge in [-0.3, -0.25) is 0 Å². The van der Waals surface area contributed by atoms with Crippen LogP contribution in [0.25, 0.3) is 5.57 Å². The quantitative estimate of drug-likeness (QED) is 0.513. The predicted octanol–water partition coefficient (Wildman–Crippen LogP) is 6.65. The molecular weight excluding hydrogens is 400 g/mol. The van der Waals surface area contributed by atoms with E-state index >= 15 is 0 Å². The third kappa shape index (κ3) is 3.62. The van der Waals surface area contributed by atoms with E-state index in [0.29, 0.717) is 5.56 Å². The van der Waals surface area contributed by atoms with Crippen molar-refractivity contribution in [3.05, 3.63) is 75.3 Å². The molecule has 0 aromatic heterocycles. The maximum absolute atomic E-state index is 11.7. The van der Waals surface area contributed by atoms with Crippen LogP contribution < -0.4 is 0 Å². The summed E-state index contributed by atoms with van der Waals surface area (Å²) in [6.45, 7) is 13.6. The first-order valence-electron chi connectivity index (χ1n) is 9.29. The zero-order valence-corrected chi connectivity index (χ0v) is 18.4. The largest absolute Gasteiger partial charge is 0.465 e. The van der Waals surface area contributed by atoms with Gasteiger partial charge in [-0.15, -0.1) is 0 Å². The van der Waals surface area contributed by atoms with E-state index in [2.05, 4.69) is 62.3 Å². The number of rotatable bonds is 3. The second kappa shape index (κ2) is 6.94. The van der Waals surface area contributed by atoms with Crippen molar-refractivity contribution in [2.24, 2.45) is 0 Å². The third-order valence-corrected chi connectivity index (χ3v) is 6.58. The van der Waals surface area contributed by atoms with Gasteiger partial charge in [-0.05, 0) is 75.8 Å². The maximum atomic E-state index is 11.7. The lowest BCUT2D eigenvalue weighted by Gasteiger charge is -2.42. The number of benzene rings is 2. The highest BCUT2D eigenvalue weighted by Crippen LogP contribution is 2.48. The molecule has 0 saturated heterocycles. The molecule has 142 valence electrons. The Kier molecular flexibility index (Phi) is 5.11. The molecule has 3 rings (SSSR count). The molecule has 0 N–H and O–H groups in total. The van der Waals surface area contributed by atoms with Gasteiger partial charge < -0.3 is 4.74 Å². The van der Waals surface area contributed by atoms with Gasteiger partial charge in [0.25, 0.3) is 0 Å². The summed E-state index contributed by atoms with van der Waals surface area (Å²) in [6, 6.07) is 12.0. The molecular formula is C24H27BrO2. The molecule has 0 spiro atoms. The minimum Gasteiger partial charge on any atom is -0.465 e. The summed E-state index contributed by atoms with van der Waals surface area (Å²) >= 11 is 3.78. The molecule has 2 aromatic carbocycles. The van der Waals surface area contributed by atoms with Gasteiger partial charge >= 0.3 is 5.97 Å². The number of methoxy groups -OCH3 is 1. The standard InChI is InChI=1S/C24H27BrO2/c1-15(16-7-9-17(10-8-16)22(26)27-6)18-13-19-20(14-21(18)25)24(4,5)12-11-23(19,2)3/h7-10,13-14H,1,11-12H2,2-6H3. The van der Waals surface area contributed by atoms with Crippen molar-refractivity contribution < 1.29 is 9.53 Å². The smallest absolute Gasteiger partial charge is 0.337 e. The molecule has 0 heterocycles. The number of esters is 1. The number of halogens is 1. The van der Waals surface area contributed by atoms with Gasteiger partial charge in [0, 0.05) is 4.47 Å². The molecule has 3 heteroatoms. The van der Waals surface area contributed by atoms with Crippen molar-refractivity contribution in [1.29, 1.82) is 0 Å². The van der Waals surface area contributed by atoms with Crippen LogP contribution >= 0.6 is 15.9 Å². The summed E-state index contributed by atoms with van der Waals surface area (Å²) in [5.41, 5.74) is 6.74. The van der Waals surface area contributed by atoms with Crippen LogP contribution in [0.1, 0.15) is 73.1 Å². The molecule has 0 atom stereocenters. The van der Waals surface area contributed by atoms with Crippen molar-refractivity contribution >= 4 is 27.5 Å². The Morgan fingerprint density at radius 3 is 1.96 bits per heavy atom. The van der Waals surface area contributed by atoms with Crippen molar-refractivity contribution in [1.82, 2.24) is 0 Å². The lowest BCUT2D eigenvalue weighted by atomic mass is 9.63. The molecule has 1 aliphatic carbocycles. The Morgan fingerprint density at radius 1 is 0.963 bits per heavy atom. The lowest BCUT2D eigenvalue weighted by molar-refractivity contribution is 0.0600. The monoisotopic (exact) mass is 426 g/mol. The average molecular weight is 427 g/mol. The van der Waals surface area contributed by atoms with E-state index in [4.69, 9.17) is 4.74 Å². The SMILES string of the molecule is C=C(c1ccc(C(=O)OC)cc1)c1cc2c(cc1Br)C(C)(C)CCC2(C)C. The normalized spacial score (nSPS) is 17.1. The highest BCUT2D eigenvalue weighted by molar-refractivity contribution is 9.10. The van der Waals surface area contributed by atoms with Gasteiger partial charge in [0.05, 0.1) is 12.7 Å². The number of ether oxygens (including phenoxy) is 1. The number of fused-ring (bicyclic) bond motifs is 1. The molecule has 1 aliphatic rings. The van der Waals surface area contributed by atoms with Gasteiger partial charge in [-0.1, -0.05) is 62.3 Å². The van der Waals surface area contributed by atoms with Gasteiger partial charge in [0.15, 0.2) is 0 Å². The summed E-state index contributed by atoms with van der Waals surface area (Å²) < 4.78 is 5.84. The van der Waals surface area contributed by atoms with Crippen LogP contribution in [0.4, 0.5) is 0 Å². The first kappa shape index (κ1) is 19.9. The molecule has 0 bridgehead atoms. The van der Waals surface area contributed by atoms with E-state index in [-0.39, 0.29) is 16.8 Å². The minimum absolute atomic E-state index is 0.148. The van der Waals surface area contributed by atoms with Gasteiger partial charge in [0.1, 0.15) is 0 Å². The second-order valence-electron chi connectivity index (χ2n) is 8.69. The molecule has 0 radical (unpaired) electrons. The van der Waals surface area contributed by atoms with E-state index in [1.807, 2.05) is 12.1 Å². The number of hydrogen-bond acceptors (Lipinski definition) is 2. The van der Waals surface area contributed by atoms with Gasteiger partial charge in [-0.2, -0.15) is 0 Å². The number of carbonyl (C=O) groups is 1. The topological polar surface area (TPSA) is 26.3 Å². The minimum atomic E-state index is -0.328. The Hall–Kier alpha value is -1.87. The molecule has 0 fully saturated rings. The molecule has 2 aromatic rings. The zero-order valence-electron chi connectivity index (χ0n) is 16.8. The summed E-state index contributed by atoms with van der Waals surface area (Å²) in [5.74, 6) is -0.328. The fourth-order valence-corrected chi connectivity index (χ4v) is 4.48. The fraction of sp³-hybridized carbons (Fsp3) is 0.375. The Balaban J connectivity index is 2.05. The number of carbonyl (C=O) groups excluding carboxylic acids is 1. The van der Waals surface area contributed by atoms with E-state index in [1.54, 1.807) is 12.1 Å². The molecule has 0 unspecified atom stereocenters. The van der Waals surface area contributed by atoms with Crippen LogP contribution in [0.5, 0.6) is 0 Å². The van der Waals surface area contributed by atoms with Crippen LogP contribution in [0.3, 0.4) is 0 Å². The highest BCUT2D eigenvalue weighted by Gasteiger charge is 2.37. The Morgan fingerprint density at radius 2 is 1.44 bits per heavy atom. The van der Waals surface area contributed by atoms with E-state index < -0.39 is 0 Å². The van der Waals surface area contributed by atoms with Crippen LogP contribution in [0.15, 0.2) is 47.4 Å². The van der Waals surface area contributed by atoms with Gasteiger partial charge in [0.2, 0.25) is 0 Å². The average Bonchev–Trinajstić information content (AvgIpc) is 2.64. The zero-order chi connectivity index (χ0) is 20.0. The van der Waals surface area contributed by atoms with Crippen LogP contribution in [0, 0.1) is 0 Å². The fourth-order valence-electron chi connectivity index (χ4n) is 3.90. The predicted molar refractivity (Wildman–Crippen MR) is 115 cm³/mol. The molecule has 0 aliphatic heterocycles. The first-order chi connectivity index (χ1) is 12.6. The van der Waals surface area contributed by atoms with Crippen molar-refractivity contribution in [2.75, 3.05) is 7.11 Å². The Labute approximate surface area is 170 Å². The van der Waals surface area contributed by atoms with E-state index in [9.17, 15) is 4.79 Å². The van der Waals surface area contributed by atoms with Crippen LogP contribution in [0.2, 0.25) is 0 Å². The van der Waals surface area contributed by atoms with Crippen molar-refractivity contribution in [2.45, 2.75) is 51.4 Å². The van der Waals surface area contributed by atoms with E-state index in [0.717, 1.165) is 21.2 Å². The first-order valence-corrected chi connectivity index (χ1v) is 10.1. The molecule has 0 saturated carbocycles. The third-order valence-electron chi connectivity index (χ3n) is 5.92. The number of hydrogen-bond donors (Lipinski definition) is 0. The molecule has 0 amide bonds. The van der Waals surface area contributed by atoms with Crippen LogP contribution in [-0.4, -0.2) is 13.1 Å². The van der Waals surface area contributed by atoms with Crippen LogP contribution in [-0.2, 0) is 15.6 Å². The van der Waals surface area contributed by atoms with Crippen molar-refractivity contribution in [3.8, 4) is 0 Å². The van der Waals surface area contributed by atoms with E-state index in [1.165, 1.54) is 31.1 Å². The second-order valence-corrected chi connectivity index (χ2v) is 9.55. The molecule has 2 nitrogen and oxygen atoms in total. The summed E-state index contributed by atoms with van der Waals surface area (Å²) in [5, 5.41) is 0. The summed E-state index contributed by atoms with van der Waals surface area (Å²) in [4.78, 5) is 11.7. The summed E-state index contributed by atoms with van der Waals surface area (Å²) in [7, 11) is 1.39.